The lowest BCUT2D eigenvalue weighted by molar-refractivity contribution is -0.384. The van der Waals surface area contributed by atoms with Gasteiger partial charge in [0.05, 0.1) is 26.4 Å². The summed E-state index contributed by atoms with van der Waals surface area (Å²) >= 11 is 20.7. The number of hydrogen-bond donors (Lipinski definition) is 1. The zero-order valence-corrected chi connectivity index (χ0v) is 22.3. The van der Waals surface area contributed by atoms with Gasteiger partial charge in [0.1, 0.15) is 5.02 Å². The summed E-state index contributed by atoms with van der Waals surface area (Å²) in [5.41, 5.74) is 2.19. The highest BCUT2D eigenvalue weighted by atomic mass is 35.5. The minimum Gasteiger partial charge on any atom is -0.353 e. The third kappa shape index (κ3) is 7.09. The number of nitrogens with one attached hydrogen (secondary N) is 1. The molecule has 0 unspecified atom stereocenters. The summed E-state index contributed by atoms with van der Waals surface area (Å²) in [5.74, 6) is 0.230. The Labute approximate surface area is 225 Å². The number of thiazole rings is 1. The SMILES string of the molecule is O=C(CSc1nc(-c2ccc(Cl)c([N+](=O)[O-])c2)cs1)NC1CCN(Cc2ccc(Cl)c(Cl)c2)CC1. The molecule has 1 fully saturated rings. The molecule has 1 saturated heterocycles. The van der Waals surface area contributed by atoms with Gasteiger partial charge in [-0.3, -0.25) is 19.8 Å². The van der Waals surface area contributed by atoms with Crippen molar-refractivity contribution in [3.63, 3.8) is 0 Å². The first-order chi connectivity index (χ1) is 16.8. The second-order valence-electron chi connectivity index (χ2n) is 8.08. The highest BCUT2D eigenvalue weighted by molar-refractivity contribution is 8.01. The number of aromatic nitrogens is 1. The Morgan fingerprint density at radius 1 is 1.14 bits per heavy atom. The second-order valence-corrected chi connectivity index (χ2v) is 11.4. The van der Waals surface area contributed by atoms with Crippen LogP contribution in [0, 0.1) is 10.1 Å². The van der Waals surface area contributed by atoms with Gasteiger partial charge >= 0.3 is 0 Å². The van der Waals surface area contributed by atoms with Crippen LogP contribution in [0.2, 0.25) is 15.1 Å². The van der Waals surface area contributed by atoms with E-state index in [9.17, 15) is 14.9 Å². The Bertz CT molecular complexity index is 1230. The van der Waals surface area contributed by atoms with Crippen LogP contribution in [0.1, 0.15) is 18.4 Å². The number of carbonyl (C=O) groups is 1. The Hall–Kier alpha value is -1.88. The summed E-state index contributed by atoms with van der Waals surface area (Å²) in [5, 5.41) is 17.2. The number of amides is 1. The number of hydrogen-bond acceptors (Lipinski definition) is 7. The monoisotopic (exact) mass is 570 g/mol. The molecule has 0 atom stereocenters. The van der Waals surface area contributed by atoms with Crippen LogP contribution in [0.5, 0.6) is 0 Å². The molecule has 184 valence electrons. The molecule has 12 heteroatoms. The van der Waals surface area contributed by atoms with Gasteiger partial charge in [0, 0.05) is 42.7 Å². The van der Waals surface area contributed by atoms with E-state index in [0.29, 0.717) is 21.3 Å². The van der Waals surface area contributed by atoms with Crippen molar-refractivity contribution >= 4 is 69.5 Å². The van der Waals surface area contributed by atoms with Gasteiger partial charge in [-0.15, -0.1) is 11.3 Å². The van der Waals surface area contributed by atoms with E-state index in [1.54, 1.807) is 6.07 Å². The lowest BCUT2D eigenvalue weighted by atomic mass is 10.0. The van der Waals surface area contributed by atoms with Crippen molar-refractivity contribution in [2.24, 2.45) is 0 Å². The Morgan fingerprint density at radius 3 is 2.60 bits per heavy atom. The van der Waals surface area contributed by atoms with E-state index in [4.69, 9.17) is 34.8 Å². The molecule has 0 radical (unpaired) electrons. The zero-order valence-electron chi connectivity index (χ0n) is 18.4. The van der Waals surface area contributed by atoms with Crippen molar-refractivity contribution in [2.45, 2.75) is 29.8 Å². The Kier molecular flexibility index (Phi) is 8.91. The number of piperidine rings is 1. The minimum absolute atomic E-state index is 0.0307. The number of nitro benzene ring substituents is 1. The van der Waals surface area contributed by atoms with Gasteiger partial charge in [-0.05, 0) is 36.6 Å². The van der Waals surface area contributed by atoms with Crippen LogP contribution >= 0.6 is 57.9 Å². The molecule has 1 aromatic heterocycles. The molecular formula is C23H21Cl3N4O3S2. The average Bonchev–Trinajstić information content (AvgIpc) is 3.31. The molecule has 3 aromatic rings. The van der Waals surface area contributed by atoms with Crippen LogP contribution in [0.3, 0.4) is 0 Å². The van der Waals surface area contributed by atoms with Crippen molar-refractivity contribution in [3.05, 3.63) is 72.5 Å². The first kappa shape index (κ1) is 26.2. The van der Waals surface area contributed by atoms with E-state index in [1.807, 2.05) is 23.6 Å². The molecule has 0 saturated carbocycles. The van der Waals surface area contributed by atoms with Gasteiger partial charge in [0.2, 0.25) is 5.91 Å². The number of nitrogens with zero attached hydrogens (tertiary/aromatic N) is 3. The van der Waals surface area contributed by atoms with Gasteiger partial charge in [-0.25, -0.2) is 4.98 Å². The quantitative estimate of drug-likeness (QED) is 0.187. The Balaban J connectivity index is 1.22. The van der Waals surface area contributed by atoms with Gasteiger partial charge < -0.3 is 5.32 Å². The van der Waals surface area contributed by atoms with Gasteiger partial charge in [0.25, 0.3) is 5.69 Å². The standard InChI is InChI=1S/C23H21Cl3N4O3S2/c24-17-3-1-14(9-19(17)26)11-29-7-5-16(6-8-29)27-22(31)13-35-23-28-20(12-34-23)15-2-4-18(25)21(10-15)30(32)33/h1-4,9-10,12,16H,5-8,11,13H2,(H,27,31). The molecule has 1 aliphatic rings. The summed E-state index contributed by atoms with van der Waals surface area (Å²) in [6.07, 6.45) is 1.77. The fourth-order valence-corrected chi connectivity index (χ4v) is 5.95. The van der Waals surface area contributed by atoms with E-state index < -0.39 is 4.92 Å². The number of likely N-dealkylation sites (tertiary alicyclic amines) is 1. The predicted molar refractivity (Wildman–Crippen MR) is 143 cm³/mol. The fraction of sp³-hybridized carbons (Fsp3) is 0.304. The molecule has 1 amide bonds. The smallest absolute Gasteiger partial charge is 0.288 e. The minimum atomic E-state index is -0.518. The molecule has 0 aliphatic carbocycles. The molecule has 1 N–H and O–H groups in total. The molecule has 7 nitrogen and oxygen atoms in total. The van der Waals surface area contributed by atoms with Gasteiger partial charge in [-0.1, -0.05) is 58.7 Å². The molecule has 4 rings (SSSR count). The number of rotatable bonds is 8. The van der Waals surface area contributed by atoms with Crippen molar-refractivity contribution in [2.75, 3.05) is 18.8 Å². The van der Waals surface area contributed by atoms with Crippen LogP contribution in [0.4, 0.5) is 5.69 Å². The number of nitro groups is 1. The lowest BCUT2D eigenvalue weighted by Gasteiger charge is -2.32. The first-order valence-electron chi connectivity index (χ1n) is 10.8. The predicted octanol–water partition coefficient (Wildman–Crippen LogP) is 6.55. The maximum atomic E-state index is 12.5. The van der Waals surface area contributed by atoms with E-state index in [-0.39, 0.29) is 28.4 Å². The summed E-state index contributed by atoms with van der Waals surface area (Å²) in [7, 11) is 0. The summed E-state index contributed by atoms with van der Waals surface area (Å²) in [4.78, 5) is 29.9. The number of thioether (sulfide) groups is 1. The molecule has 2 heterocycles. The zero-order chi connectivity index (χ0) is 24.9. The lowest BCUT2D eigenvalue weighted by Crippen LogP contribution is -2.44. The van der Waals surface area contributed by atoms with E-state index in [0.717, 1.165) is 42.4 Å². The molecule has 2 aromatic carbocycles. The van der Waals surface area contributed by atoms with Gasteiger partial charge in [-0.2, -0.15) is 0 Å². The maximum absolute atomic E-state index is 12.5. The van der Waals surface area contributed by atoms with Crippen molar-refractivity contribution < 1.29 is 9.72 Å². The molecule has 0 bridgehead atoms. The largest absolute Gasteiger partial charge is 0.353 e. The normalized spacial score (nSPS) is 14.7. The average molecular weight is 572 g/mol. The second kappa shape index (κ2) is 11.9. The van der Waals surface area contributed by atoms with Crippen molar-refractivity contribution in [3.8, 4) is 11.3 Å². The van der Waals surface area contributed by atoms with Crippen LogP contribution in [0.15, 0.2) is 46.1 Å². The maximum Gasteiger partial charge on any atom is 0.288 e. The Morgan fingerprint density at radius 2 is 1.89 bits per heavy atom. The van der Waals surface area contributed by atoms with Crippen LogP contribution in [-0.2, 0) is 11.3 Å². The third-order valence-corrected chi connectivity index (χ3v) is 8.67. The van der Waals surface area contributed by atoms with Crippen LogP contribution < -0.4 is 5.32 Å². The molecule has 0 spiro atoms. The highest BCUT2D eigenvalue weighted by Crippen LogP contribution is 2.33. The van der Waals surface area contributed by atoms with E-state index in [2.05, 4.69) is 15.2 Å². The summed E-state index contributed by atoms with van der Waals surface area (Å²) in [6.45, 7) is 2.58. The topological polar surface area (TPSA) is 88.4 Å². The summed E-state index contributed by atoms with van der Waals surface area (Å²) in [6, 6.07) is 10.4. The third-order valence-electron chi connectivity index (χ3n) is 5.59. The first-order valence-corrected chi connectivity index (χ1v) is 13.8. The van der Waals surface area contributed by atoms with Gasteiger partial charge in [0.15, 0.2) is 4.34 Å². The van der Waals surface area contributed by atoms with Crippen molar-refractivity contribution in [1.29, 1.82) is 0 Å². The van der Waals surface area contributed by atoms with Crippen LogP contribution in [-0.4, -0.2) is 45.6 Å². The molecule has 35 heavy (non-hydrogen) atoms. The number of carbonyl (C=O) groups excluding carboxylic acids is 1. The van der Waals surface area contributed by atoms with E-state index >= 15 is 0 Å². The van der Waals surface area contributed by atoms with Crippen molar-refractivity contribution in [1.82, 2.24) is 15.2 Å². The fourth-order valence-electron chi connectivity index (χ4n) is 3.80. The molecule has 1 aliphatic heterocycles. The highest BCUT2D eigenvalue weighted by Gasteiger charge is 2.21. The van der Waals surface area contributed by atoms with E-state index in [1.165, 1.54) is 35.2 Å². The number of benzene rings is 2. The van der Waals surface area contributed by atoms with Crippen LogP contribution in [0.25, 0.3) is 11.3 Å². The number of halogens is 3. The molecular weight excluding hydrogens is 551 g/mol. The summed E-state index contributed by atoms with van der Waals surface area (Å²) < 4.78 is 0.726.